The molecule has 2 aliphatic rings. The minimum absolute atomic E-state index is 0.207. The lowest BCUT2D eigenvalue weighted by Crippen LogP contribution is -2.49. The number of hydrogen-bond donors (Lipinski definition) is 4. The average Bonchev–Trinajstić information content (AvgIpc) is 2.99. The van der Waals surface area contributed by atoms with E-state index < -0.39 is 12.7 Å². The Kier molecular flexibility index (Phi) is 14.4. The van der Waals surface area contributed by atoms with Crippen LogP contribution in [-0.4, -0.2) is 99.7 Å². The number of ether oxygens (including phenoxy) is 2. The van der Waals surface area contributed by atoms with E-state index in [0.717, 1.165) is 24.2 Å². The summed E-state index contributed by atoms with van der Waals surface area (Å²) >= 11 is 3.53. The van der Waals surface area contributed by atoms with E-state index in [9.17, 15) is 18.0 Å². The van der Waals surface area contributed by atoms with Gasteiger partial charge in [0.15, 0.2) is 12.1 Å². The Morgan fingerprint density at radius 3 is 2.34 bits per heavy atom. The first kappa shape index (κ1) is 34.4. The molecule has 1 aromatic carbocycles. The fraction of sp³-hybridized carbons (Fsp3) is 0.593. The van der Waals surface area contributed by atoms with Gasteiger partial charge in [0, 0.05) is 57.2 Å². The third-order valence-corrected chi connectivity index (χ3v) is 6.56. The highest BCUT2D eigenvalue weighted by atomic mass is 32.1. The summed E-state index contributed by atoms with van der Waals surface area (Å²) in [6.07, 6.45) is 0.529. The first-order valence-electron chi connectivity index (χ1n) is 13.5. The maximum Gasteiger partial charge on any atom is 0.401 e. The lowest BCUT2D eigenvalue weighted by atomic mass is 10.1. The zero-order valence-electron chi connectivity index (χ0n) is 24.1. The number of nitrogens with zero attached hydrogens (tertiary/aromatic N) is 4. The van der Waals surface area contributed by atoms with Crippen molar-refractivity contribution in [3.05, 3.63) is 29.6 Å². The molecule has 0 atom stereocenters. The molecule has 1 aromatic heterocycles. The van der Waals surface area contributed by atoms with Crippen molar-refractivity contribution in [1.82, 2.24) is 14.9 Å². The highest BCUT2D eigenvalue weighted by Gasteiger charge is 2.32. The maximum atomic E-state index is 12.7. The summed E-state index contributed by atoms with van der Waals surface area (Å²) in [6.45, 7) is 3.98. The largest absolute Gasteiger partial charge is 0.495 e. The number of methoxy groups -OCH3 is 1. The SMILES string of the molecule is CCc1nc(C=O)c(Nc2ccc(N3CCN(CC(F)(F)F)CC3)c(OC)c2)nc1NC1CCOCC1.CN.CS. The van der Waals surface area contributed by atoms with Gasteiger partial charge in [-0.3, -0.25) is 9.69 Å². The van der Waals surface area contributed by atoms with Gasteiger partial charge in [-0.1, -0.05) is 6.92 Å². The molecule has 4 N–H and O–H groups in total. The fourth-order valence-electron chi connectivity index (χ4n) is 4.61. The summed E-state index contributed by atoms with van der Waals surface area (Å²) < 4.78 is 49.2. The zero-order chi connectivity index (χ0) is 30.4. The van der Waals surface area contributed by atoms with Crippen molar-refractivity contribution in [2.75, 3.05) is 81.9 Å². The lowest BCUT2D eigenvalue weighted by molar-refractivity contribution is -0.146. The van der Waals surface area contributed by atoms with Gasteiger partial charge in [-0.25, -0.2) is 9.97 Å². The topological polar surface area (TPSA) is 118 Å². The molecular formula is C27H42F3N7O3S. The van der Waals surface area contributed by atoms with Crippen molar-refractivity contribution < 1.29 is 27.4 Å². The first-order valence-corrected chi connectivity index (χ1v) is 14.4. The van der Waals surface area contributed by atoms with Crippen LogP contribution in [0, 0.1) is 0 Å². The molecule has 0 aliphatic carbocycles. The number of nitrogens with one attached hydrogen (secondary N) is 2. The van der Waals surface area contributed by atoms with Crippen LogP contribution in [0.4, 0.5) is 36.2 Å². The van der Waals surface area contributed by atoms with E-state index in [2.05, 4.69) is 34.0 Å². The maximum absolute atomic E-state index is 12.7. The van der Waals surface area contributed by atoms with Gasteiger partial charge in [-0.05, 0) is 44.7 Å². The molecule has 0 unspecified atom stereocenters. The van der Waals surface area contributed by atoms with E-state index in [0.29, 0.717) is 75.2 Å². The Morgan fingerprint density at radius 1 is 1.12 bits per heavy atom. The van der Waals surface area contributed by atoms with E-state index in [1.165, 1.54) is 11.9 Å². The molecule has 4 rings (SSSR count). The number of alkyl halides is 3. The molecular weight excluding hydrogens is 559 g/mol. The fourth-order valence-corrected chi connectivity index (χ4v) is 4.61. The van der Waals surface area contributed by atoms with Crippen molar-refractivity contribution in [2.45, 2.75) is 38.4 Å². The minimum Gasteiger partial charge on any atom is -0.495 e. The number of aryl methyl sites for hydroxylation is 1. The van der Waals surface area contributed by atoms with Crippen molar-refractivity contribution >= 4 is 41.9 Å². The Morgan fingerprint density at radius 2 is 1.78 bits per heavy atom. The van der Waals surface area contributed by atoms with Gasteiger partial charge < -0.3 is 30.7 Å². The molecule has 10 nitrogen and oxygen atoms in total. The van der Waals surface area contributed by atoms with Crippen LogP contribution < -0.4 is 26.0 Å². The molecule has 14 heteroatoms. The Hall–Kier alpha value is -2.81. The van der Waals surface area contributed by atoms with Crippen LogP contribution in [0.3, 0.4) is 0 Å². The number of anilines is 4. The monoisotopic (exact) mass is 601 g/mol. The molecule has 0 saturated carbocycles. The normalized spacial score (nSPS) is 16.1. The van der Waals surface area contributed by atoms with E-state index in [1.807, 2.05) is 24.0 Å². The van der Waals surface area contributed by atoms with Gasteiger partial charge in [0.25, 0.3) is 0 Å². The summed E-state index contributed by atoms with van der Waals surface area (Å²) in [6, 6.07) is 5.69. The second-order valence-electron chi connectivity index (χ2n) is 9.15. The van der Waals surface area contributed by atoms with Gasteiger partial charge in [0.05, 0.1) is 25.0 Å². The van der Waals surface area contributed by atoms with Crippen LogP contribution in [0.5, 0.6) is 5.75 Å². The van der Waals surface area contributed by atoms with Gasteiger partial charge in [0.2, 0.25) is 0 Å². The van der Waals surface area contributed by atoms with Gasteiger partial charge >= 0.3 is 6.18 Å². The molecule has 0 amide bonds. The van der Waals surface area contributed by atoms with E-state index in [1.54, 1.807) is 19.4 Å². The summed E-state index contributed by atoms with van der Waals surface area (Å²) in [7, 11) is 3.05. The molecule has 230 valence electrons. The number of thiol groups is 1. The van der Waals surface area contributed by atoms with Crippen LogP contribution in [0.15, 0.2) is 18.2 Å². The second-order valence-corrected chi connectivity index (χ2v) is 9.15. The molecule has 2 aromatic rings. The van der Waals surface area contributed by atoms with Gasteiger partial charge in [-0.15, -0.1) is 0 Å². The van der Waals surface area contributed by atoms with E-state index in [-0.39, 0.29) is 11.7 Å². The van der Waals surface area contributed by atoms with E-state index in [4.69, 9.17) is 14.5 Å². The van der Waals surface area contributed by atoms with Crippen molar-refractivity contribution in [3.63, 3.8) is 0 Å². The van der Waals surface area contributed by atoms with Crippen LogP contribution in [0.2, 0.25) is 0 Å². The van der Waals surface area contributed by atoms with Crippen LogP contribution >= 0.6 is 12.6 Å². The Balaban J connectivity index is 0.00000141. The standard InChI is InChI=1S/C25H33F3N6O3.CH5N.CH4S/c1-3-19-23(29-17-6-12-37-13-7-17)32-24(20(15-35)31-19)30-18-4-5-21(22(14-18)36-2)34-10-8-33(9-11-34)16-25(26,27)28;2*1-2/h4-5,14-15,17H,3,6-13,16H2,1-2H3,(H2,29,30,32);2H2,1H3;2H,1H3. The number of carbonyl (C=O) groups is 1. The number of aromatic nitrogens is 2. The van der Waals surface area contributed by atoms with Gasteiger partial charge in [0.1, 0.15) is 17.3 Å². The molecule has 0 spiro atoms. The minimum atomic E-state index is -4.20. The molecule has 2 fully saturated rings. The van der Waals surface area contributed by atoms with Gasteiger partial charge in [-0.2, -0.15) is 25.8 Å². The van der Waals surface area contributed by atoms with Crippen molar-refractivity contribution in [2.24, 2.45) is 5.73 Å². The number of nitrogens with two attached hydrogens (primary N) is 1. The predicted molar refractivity (Wildman–Crippen MR) is 160 cm³/mol. The number of halogens is 3. The molecule has 0 bridgehead atoms. The summed E-state index contributed by atoms with van der Waals surface area (Å²) in [5.74, 6) is 1.54. The van der Waals surface area contributed by atoms with Crippen LogP contribution in [-0.2, 0) is 11.2 Å². The smallest absolute Gasteiger partial charge is 0.401 e. The third-order valence-electron chi connectivity index (χ3n) is 6.56. The summed E-state index contributed by atoms with van der Waals surface area (Å²) in [5.41, 5.74) is 6.87. The zero-order valence-corrected chi connectivity index (χ0v) is 25.0. The lowest BCUT2D eigenvalue weighted by Gasteiger charge is -2.36. The van der Waals surface area contributed by atoms with Crippen molar-refractivity contribution in [1.29, 1.82) is 0 Å². The summed E-state index contributed by atoms with van der Waals surface area (Å²) in [4.78, 5) is 24.4. The average molecular weight is 602 g/mol. The molecule has 2 saturated heterocycles. The number of hydrogen-bond acceptors (Lipinski definition) is 11. The molecule has 41 heavy (non-hydrogen) atoms. The number of carbonyl (C=O) groups excluding carboxylic acids is 1. The second kappa shape index (κ2) is 17.2. The van der Waals surface area contributed by atoms with E-state index >= 15 is 0 Å². The third kappa shape index (κ3) is 10.2. The number of piperazine rings is 1. The highest BCUT2D eigenvalue weighted by Crippen LogP contribution is 2.34. The van der Waals surface area contributed by atoms with Crippen LogP contribution in [0.1, 0.15) is 35.9 Å². The number of aldehydes is 1. The quantitative estimate of drug-likeness (QED) is 0.248. The van der Waals surface area contributed by atoms with Crippen molar-refractivity contribution in [3.8, 4) is 5.75 Å². The molecule has 2 aliphatic heterocycles. The molecule has 0 radical (unpaired) electrons. The predicted octanol–water partition coefficient (Wildman–Crippen LogP) is 4.00. The molecule has 3 heterocycles. The number of rotatable bonds is 9. The summed E-state index contributed by atoms with van der Waals surface area (Å²) in [5, 5.41) is 6.64. The van der Waals surface area contributed by atoms with Crippen LogP contribution in [0.25, 0.3) is 0 Å². The highest BCUT2D eigenvalue weighted by molar-refractivity contribution is 7.79. The Bertz CT molecular complexity index is 1080. The first-order chi connectivity index (χ1) is 19.8. The number of benzene rings is 1. The Labute approximate surface area is 245 Å².